The molecule has 3 rings (SSSR count). The average Bonchev–Trinajstić information content (AvgIpc) is 2.97. The van der Waals surface area contributed by atoms with E-state index in [1.54, 1.807) is 20.9 Å². The highest BCUT2D eigenvalue weighted by atomic mass is 32.2. The molecule has 1 N–H and O–H groups in total. The van der Waals surface area contributed by atoms with Gasteiger partial charge in [0, 0.05) is 7.05 Å². The van der Waals surface area contributed by atoms with E-state index in [9.17, 15) is 13.2 Å². The van der Waals surface area contributed by atoms with Gasteiger partial charge in [-0.2, -0.15) is 18.5 Å². The number of fused-ring (bicyclic) bond motifs is 1. The molecule has 162 valence electrons. The normalized spacial score (nSPS) is 12.1. The van der Waals surface area contributed by atoms with Crippen molar-refractivity contribution in [2.24, 2.45) is 7.05 Å². The molecule has 1 aromatic carbocycles. The summed E-state index contributed by atoms with van der Waals surface area (Å²) in [5.41, 5.74) is 1.61. The third-order valence-corrected chi connectivity index (χ3v) is 5.85. The second-order valence-electron chi connectivity index (χ2n) is 7.12. The van der Waals surface area contributed by atoms with Crippen LogP contribution in [0.3, 0.4) is 0 Å². The molecule has 10 heteroatoms. The predicted molar refractivity (Wildman–Crippen MR) is 113 cm³/mol. The van der Waals surface area contributed by atoms with Crippen LogP contribution in [0.25, 0.3) is 22.4 Å². The van der Waals surface area contributed by atoms with E-state index in [2.05, 4.69) is 15.1 Å². The van der Waals surface area contributed by atoms with Gasteiger partial charge in [-0.1, -0.05) is 13.3 Å². The molecule has 0 amide bonds. The summed E-state index contributed by atoms with van der Waals surface area (Å²) in [5.74, 6) is 0.618. The summed E-state index contributed by atoms with van der Waals surface area (Å²) in [7, 11) is -2.28. The van der Waals surface area contributed by atoms with E-state index in [0.717, 1.165) is 12.1 Å². The van der Waals surface area contributed by atoms with Crippen LogP contribution in [0.2, 0.25) is 0 Å². The first-order valence-electron chi connectivity index (χ1n) is 9.84. The highest BCUT2D eigenvalue weighted by molar-refractivity contribution is 7.86. The number of ether oxygens (including phenoxy) is 1. The summed E-state index contributed by atoms with van der Waals surface area (Å²) >= 11 is 0. The molecule has 0 fully saturated rings. The third-order valence-electron chi connectivity index (χ3n) is 4.38. The zero-order chi connectivity index (χ0) is 22.1. The van der Waals surface area contributed by atoms with Gasteiger partial charge in [-0.05, 0) is 45.4 Å². The molecule has 2 aromatic heterocycles. The van der Waals surface area contributed by atoms with Crippen molar-refractivity contribution in [2.75, 3.05) is 6.61 Å². The number of nitrogens with zero attached hydrogens (tertiary/aromatic N) is 3. The van der Waals surface area contributed by atoms with E-state index in [0.29, 0.717) is 35.4 Å². The molecule has 2 heterocycles. The SMILES string of the molecule is CCCc1nn(C)c2c(=O)nc(-c3cc(S(=O)(=O)OC(C)C)ccc3OCC)[nH]c12. The summed E-state index contributed by atoms with van der Waals surface area (Å²) in [4.78, 5) is 20.0. The zero-order valence-corrected chi connectivity index (χ0v) is 18.5. The van der Waals surface area contributed by atoms with E-state index in [1.807, 2.05) is 13.8 Å². The number of hydrogen-bond donors (Lipinski definition) is 1. The smallest absolute Gasteiger partial charge is 0.299 e. The van der Waals surface area contributed by atoms with Crippen molar-refractivity contribution >= 4 is 21.2 Å². The third kappa shape index (κ3) is 4.24. The number of aryl methyl sites for hydroxylation is 2. The first-order valence-corrected chi connectivity index (χ1v) is 11.2. The van der Waals surface area contributed by atoms with Crippen LogP contribution in [-0.2, 0) is 27.8 Å². The van der Waals surface area contributed by atoms with Crippen LogP contribution in [0.5, 0.6) is 5.75 Å². The lowest BCUT2D eigenvalue weighted by Gasteiger charge is -2.13. The van der Waals surface area contributed by atoms with Gasteiger partial charge in [0.05, 0.1) is 34.4 Å². The highest BCUT2D eigenvalue weighted by Gasteiger charge is 2.22. The number of H-pyrrole nitrogens is 1. The Labute approximate surface area is 175 Å². The minimum atomic E-state index is -3.98. The molecule has 0 unspecified atom stereocenters. The number of rotatable bonds is 8. The monoisotopic (exact) mass is 434 g/mol. The van der Waals surface area contributed by atoms with Crippen LogP contribution in [-0.4, -0.2) is 40.9 Å². The number of nitrogens with one attached hydrogen (secondary N) is 1. The minimum Gasteiger partial charge on any atom is -0.493 e. The molecule has 3 aromatic rings. The zero-order valence-electron chi connectivity index (χ0n) is 17.7. The summed E-state index contributed by atoms with van der Waals surface area (Å²) in [6, 6.07) is 4.36. The van der Waals surface area contributed by atoms with Gasteiger partial charge in [0.25, 0.3) is 15.7 Å². The summed E-state index contributed by atoms with van der Waals surface area (Å²) in [5, 5.41) is 4.42. The van der Waals surface area contributed by atoms with E-state index in [1.165, 1.54) is 22.9 Å². The van der Waals surface area contributed by atoms with Crippen molar-refractivity contribution in [3.63, 3.8) is 0 Å². The van der Waals surface area contributed by atoms with Gasteiger partial charge in [0.2, 0.25) is 0 Å². The molecule has 0 bridgehead atoms. The number of aromatic amines is 1. The molecule has 9 nitrogen and oxygen atoms in total. The quantitative estimate of drug-likeness (QED) is 0.542. The van der Waals surface area contributed by atoms with E-state index in [4.69, 9.17) is 8.92 Å². The van der Waals surface area contributed by atoms with Gasteiger partial charge in [-0.25, -0.2) is 0 Å². The molecular weight excluding hydrogens is 408 g/mol. The van der Waals surface area contributed by atoms with Crippen molar-refractivity contribution in [3.05, 3.63) is 34.2 Å². The van der Waals surface area contributed by atoms with Gasteiger partial charge in [0.1, 0.15) is 11.6 Å². The van der Waals surface area contributed by atoms with Gasteiger partial charge in [-0.15, -0.1) is 0 Å². The molecule has 0 aliphatic heterocycles. The summed E-state index contributed by atoms with van der Waals surface area (Å²) in [6.45, 7) is 7.48. The van der Waals surface area contributed by atoms with Gasteiger partial charge >= 0.3 is 0 Å². The first kappa shape index (κ1) is 22.0. The largest absolute Gasteiger partial charge is 0.493 e. The Hall–Kier alpha value is -2.72. The maximum absolute atomic E-state index is 12.7. The second kappa shape index (κ2) is 8.57. The fourth-order valence-corrected chi connectivity index (χ4v) is 4.35. The molecule has 0 saturated heterocycles. The fourth-order valence-electron chi connectivity index (χ4n) is 3.24. The predicted octanol–water partition coefficient (Wildman–Crippen LogP) is 2.79. The van der Waals surface area contributed by atoms with Crippen molar-refractivity contribution < 1.29 is 17.3 Å². The van der Waals surface area contributed by atoms with Crippen LogP contribution in [0.15, 0.2) is 27.9 Å². The molecule has 0 aliphatic carbocycles. The summed E-state index contributed by atoms with van der Waals surface area (Å²) in [6.07, 6.45) is 1.04. The molecule has 0 saturated carbocycles. The molecule has 0 atom stereocenters. The Morgan fingerprint density at radius 3 is 2.60 bits per heavy atom. The lowest BCUT2D eigenvalue weighted by atomic mass is 10.1. The first-order chi connectivity index (χ1) is 14.2. The molecule has 30 heavy (non-hydrogen) atoms. The Bertz CT molecular complexity index is 1230. The second-order valence-corrected chi connectivity index (χ2v) is 8.70. The van der Waals surface area contributed by atoms with Crippen LogP contribution >= 0.6 is 0 Å². The van der Waals surface area contributed by atoms with Crippen molar-refractivity contribution in [1.29, 1.82) is 0 Å². The molecule has 0 radical (unpaired) electrons. The maximum Gasteiger partial charge on any atom is 0.299 e. The Kier molecular flexibility index (Phi) is 6.27. The standard InChI is InChI=1S/C20H26N4O5S/c1-6-8-15-17-18(24(5)23-15)20(25)22-19(21-17)14-11-13(9-10-16(14)28-7-2)30(26,27)29-12(3)4/h9-12H,6-8H2,1-5H3,(H,21,22,25). The van der Waals surface area contributed by atoms with Crippen molar-refractivity contribution in [3.8, 4) is 17.1 Å². The van der Waals surface area contributed by atoms with Crippen molar-refractivity contribution in [2.45, 2.75) is 51.5 Å². The maximum atomic E-state index is 12.7. The van der Waals surface area contributed by atoms with Crippen LogP contribution in [0, 0.1) is 0 Å². The van der Waals surface area contributed by atoms with Crippen LogP contribution < -0.4 is 10.3 Å². The van der Waals surface area contributed by atoms with Crippen LogP contribution in [0.4, 0.5) is 0 Å². The number of aromatic nitrogens is 4. The number of benzene rings is 1. The van der Waals surface area contributed by atoms with Gasteiger partial charge in [-0.3, -0.25) is 13.7 Å². The van der Waals surface area contributed by atoms with E-state index in [-0.39, 0.29) is 10.7 Å². The molecule has 0 aliphatic rings. The summed E-state index contributed by atoms with van der Waals surface area (Å²) < 4.78 is 37.4. The Morgan fingerprint density at radius 2 is 1.97 bits per heavy atom. The van der Waals surface area contributed by atoms with E-state index >= 15 is 0 Å². The minimum absolute atomic E-state index is 0.0441. The molecular formula is C20H26N4O5S. The lowest BCUT2D eigenvalue weighted by Crippen LogP contribution is -2.14. The fraction of sp³-hybridized carbons (Fsp3) is 0.450. The van der Waals surface area contributed by atoms with Gasteiger partial charge < -0.3 is 9.72 Å². The number of hydrogen-bond acceptors (Lipinski definition) is 7. The lowest BCUT2D eigenvalue weighted by molar-refractivity contribution is 0.249. The molecule has 0 spiro atoms. The highest BCUT2D eigenvalue weighted by Crippen LogP contribution is 2.31. The van der Waals surface area contributed by atoms with Crippen LogP contribution in [0.1, 0.15) is 39.8 Å². The van der Waals surface area contributed by atoms with E-state index < -0.39 is 21.8 Å². The van der Waals surface area contributed by atoms with Crippen molar-refractivity contribution in [1.82, 2.24) is 19.7 Å². The average molecular weight is 435 g/mol. The van der Waals surface area contributed by atoms with Gasteiger partial charge in [0.15, 0.2) is 5.52 Å². The Balaban J connectivity index is 2.25. The topological polar surface area (TPSA) is 116 Å². The Morgan fingerprint density at radius 1 is 1.23 bits per heavy atom.